The molecule has 1 aliphatic heterocycles. The van der Waals surface area contributed by atoms with Crippen LogP contribution in [0.3, 0.4) is 0 Å². The number of nitrogens with zero attached hydrogens (tertiary/aromatic N) is 3. The molecule has 1 fully saturated rings. The first-order valence-corrected chi connectivity index (χ1v) is 11.9. The fraction of sp³-hybridized carbons (Fsp3) is 0.333. The third kappa shape index (κ3) is 4.64. The van der Waals surface area contributed by atoms with E-state index in [-0.39, 0.29) is 42.5 Å². The molecule has 29 heavy (non-hydrogen) atoms. The number of rotatable bonds is 6. The van der Waals surface area contributed by atoms with Gasteiger partial charge in [0.15, 0.2) is 0 Å². The number of benzene rings is 2. The van der Waals surface area contributed by atoms with Crippen molar-refractivity contribution in [3.63, 3.8) is 0 Å². The van der Waals surface area contributed by atoms with E-state index in [1.165, 1.54) is 20.7 Å². The molecule has 0 amide bonds. The van der Waals surface area contributed by atoms with Crippen molar-refractivity contribution in [2.24, 2.45) is 0 Å². The zero-order valence-electron chi connectivity index (χ0n) is 15.8. The SMILES string of the molecule is Cc1ccc([N+](=O)[O-])cc1S(=O)(=O)N1CCN(S(=O)(=O)Cc2ccccc2)CC1. The quantitative estimate of drug-likeness (QED) is 0.500. The average molecular weight is 440 g/mol. The summed E-state index contributed by atoms with van der Waals surface area (Å²) in [4.78, 5) is 10.2. The topological polar surface area (TPSA) is 118 Å². The number of sulfonamides is 2. The first-order chi connectivity index (χ1) is 13.6. The van der Waals surface area contributed by atoms with Gasteiger partial charge in [0.25, 0.3) is 5.69 Å². The van der Waals surface area contributed by atoms with Gasteiger partial charge in [0.05, 0.1) is 15.6 Å². The number of hydrogen-bond acceptors (Lipinski definition) is 6. The summed E-state index contributed by atoms with van der Waals surface area (Å²) in [6.45, 7) is 1.60. The smallest absolute Gasteiger partial charge is 0.258 e. The number of nitro benzene ring substituents is 1. The van der Waals surface area contributed by atoms with E-state index < -0.39 is 25.0 Å². The summed E-state index contributed by atoms with van der Waals surface area (Å²) in [5, 5.41) is 11.0. The molecule has 156 valence electrons. The normalized spacial score (nSPS) is 16.6. The molecule has 0 aromatic heterocycles. The van der Waals surface area contributed by atoms with E-state index >= 15 is 0 Å². The largest absolute Gasteiger partial charge is 0.270 e. The fourth-order valence-electron chi connectivity index (χ4n) is 3.18. The Balaban J connectivity index is 1.75. The van der Waals surface area contributed by atoms with Crippen molar-refractivity contribution in [2.45, 2.75) is 17.6 Å². The van der Waals surface area contributed by atoms with Gasteiger partial charge in [-0.05, 0) is 18.1 Å². The van der Waals surface area contributed by atoms with Gasteiger partial charge in [0.1, 0.15) is 0 Å². The molecule has 2 aromatic rings. The van der Waals surface area contributed by atoms with E-state index in [1.807, 2.05) is 0 Å². The molecule has 3 rings (SSSR count). The highest BCUT2D eigenvalue weighted by Crippen LogP contribution is 2.26. The van der Waals surface area contributed by atoms with Gasteiger partial charge in [-0.2, -0.15) is 8.61 Å². The van der Waals surface area contributed by atoms with Gasteiger partial charge in [-0.15, -0.1) is 0 Å². The first kappa shape index (κ1) is 21.4. The number of nitro groups is 1. The zero-order valence-corrected chi connectivity index (χ0v) is 17.4. The van der Waals surface area contributed by atoms with E-state index in [4.69, 9.17) is 0 Å². The zero-order chi connectivity index (χ0) is 21.2. The van der Waals surface area contributed by atoms with Gasteiger partial charge in [-0.3, -0.25) is 10.1 Å². The monoisotopic (exact) mass is 439 g/mol. The molecule has 0 radical (unpaired) electrons. The lowest BCUT2D eigenvalue weighted by Crippen LogP contribution is -2.50. The first-order valence-electron chi connectivity index (χ1n) is 8.88. The second-order valence-electron chi connectivity index (χ2n) is 6.75. The highest BCUT2D eigenvalue weighted by Gasteiger charge is 2.34. The van der Waals surface area contributed by atoms with Crippen molar-refractivity contribution in [3.8, 4) is 0 Å². The number of aryl methyl sites for hydroxylation is 1. The van der Waals surface area contributed by atoms with Crippen LogP contribution in [-0.4, -0.2) is 56.5 Å². The van der Waals surface area contributed by atoms with Gasteiger partial charge in [0.2, 0.25) is 20.0 Å². The second kappa shape index (κ2) is 8.19. The molecule has 9 nitrogen and oxygen atoms in total. The Morgan fingerprint density at radius 2 is 1.52 bits per heavy atom. The van der Waals surface area contributed by atoms with Gasteiger partial charge in [-0.1, -0.05) is 36.4 Å². The Labute approximate surface area is 169 Å². The summed E-state index contributed by atoms with van der Waals surface area (Å²) in [5.74, 6) is -0.148. The van der Waals surface area contributed by atoms with E-state index in [9.17, 15) is 26.9 Å². The van der Waals surface area contributed by atoms with Crippen LogP contribution in [0.25, 0.3) is 0 Å². The lowest BCUT2D eigenvalue weighted by atomic mass is 10.2. The molecule has 2 aromatic carbocycles. The summed E-state index contributed by atoms with van der Waals surface area (Å²) in [6, 6.07) is 12.5. The van der Waals surface area contributed by atoms with Crippen LogP contribution in [0.2, 0.25) is 0 Å². The summed E-state index contributed by atoms with van der Waals surface area (Å²) in [7, 11) is -7.54. The van der Waals surface area contributed by atoms with Crippen LogP contribution < -0.4 is 0 Å². The van der Waals surface area contributed by atoms with Crippen LogP contribution in [0, 0.1) is 17.0 Å². The minimum atomic E-state index is -3.97. The van der Waals surface area contributed by atoms with Crippen LogP contribution in [0.5, 0.6) is 0 Å². The molecule has 0 bridgehead atoms. The summed E-state index contributed by atoms with van der Waals surface area (Å²) in [5.41, 5.74) is 0.753. The van der Waals surface area contributed by atoms with Crippen molar-refractivity contribution in [1.29, 1.82) is 0 Å². The van der Waals surface area contributed by atoms with Gasteiger partial charge in [0, 0.05) is 38.3 Å². The lowest BCUT2D eigenvalue weighted by Gasteiger charge is -2.33. The Morgan fingerprint density at radius 3 is 2.10 bits per heavy atom. The van der Waals surface area contributed by atoms with E-state index in [2.05, 4.69) is 0 Å². The van der Waals surface area contributed by atoms with Crippen LogP contribution >= 0.6 is 0 Å². The maximum absolute atomic E-state index is 13.0. The molecule has 0 aliphatic carbocycles. The summed E-state index contributed by atoms with van der Waals surface area (Å²) in [6.07, 6.45) is 0. The molecular weight excluding hydrogens is 418 g/mol. The molecular formula is C18H21N3O6S2. The van der Waals surface area contributed by atoms with E-state index in [0.29, 0.717) is 11.1 Å². The van der Waals surface area contributed by atoms with E-state index in [0.717, 1.165) is 6.07 Å². The third-order valence-corrected chi connectivity index (χ3v) is 8.67. The molecule has 1 saturated heterocycles. The Hall–Kier alpha value is -2.34. The van der Waals surface area contributed by atoms with Gasteiger partial charge in [-0.25, -0.2) is 16.8 Å². The van der Waals surface area contributed by atoms with Crippen molar-refractivity contribution in [3.05, 3.63) is 69.8 Å². The molecule has 11 heteroatoms. The molecule has 0 atom stereocenters. The third-order valence-electron chi connectivity index (χ3n) is 4.78. The van der Waals surface area contributed by atoms with Crippen molar-refractivity contribution >= 4 is 25.7 Å². The summed E-state index contributed by atoms with van der Waals surface area (Å²) >= 11 is 0. The maximum atomic E-state index is 13.0. The van der Waals surface area contributed by atoms with Crippen molar-refractivity contribution in [1.82, 2.24) is 8.61 Å². The lowest BCUT2D eigenvalue weighted by molar-refractivity contribution is -0.385. The van der Waals surface area contributed by atoms with Gasteiger partial charge < -0.3 is 0 Å². The Kier molecular flexibility index (Phi) is 6.03. The Morgan fingerprint density at radius 1 is 0.931 bits per heavy atom. The van der Waals surface area contributed by atoms with Crippen LogP contribution in [0.4, 0.5) is 5.69 Å². The maximum Gasteiger partial charge on any atom is 0.270 e. The van der Waals surface area contributed by atoms with Crippen LogP contribution in [-0.2, 0) is 25.8 Å². The van der Waals surface area contributed by atoms with Crippen molar-refractivity contribution in [2.75, 3.05) is 26.2 Å². The van der Waals surface area contributed by atoms with Gasteiger partial charge >= 0.3 is 0 Å². The molecule has 0 saturated carbocycles. The highest BCUT2D eigenvalue weighted by atomic mass is 32.2. The molecule has 1 heterocycles. The molecule has 0 spiro atoms. The van der Waals surface area contributed by atoms with Crippen molar-refractivity contribution < 1.29 is 21.8 Å². The number of non-ortho nitro benzene ring substituents is 1. The predicted octanol–water partition coefficient (Wildman–Crippen LogP) is 1.74. The molecule has 1 aliphatic rings. The van der Waals surface area contributed by atoms with Crippen LogP contribution in [0.15, 0.2) is 53.4 Å². The second-order valence-corrected chi connectivity index (χ2v) is 10.6. The average Bonchev–Trinajstić information content (AvgIpc) is 2.68. The standard InChI is InChI=1S/C18H21N3O6S2/c1-15-7-8-17(21(22)23)13-18(15)29(26,27)20-11-9-19(10-12-20)28(24,25)14-16-5-3-2-4-6-16/h2-8,13H,9-12,14H2,1H3. The van der Waals surface area contributed by atoms with Crippen LogP contribution in [0.1, 0.15) is 11.1 Å². The predicted molar refractivity (Wildman–Crippen MR) is 107 cm³/mol. The minimum absolute atomic E-state index is 0.0154. The minimum Gasteiger partial charge on any atom is -0.258 e. The summed E-state index contributed by atoms with van der Waals surface area (Å²) < 4.78 is 53.7. The fourth-order valence-corrected chi connectivity index (χ4v) is 6.37. The number of hydrogen-bond donors (Lipinski definition) is 0. The number of piperazine rings is 1. The molecule has 0 unspecified atom stereocenters. The Bertz CT molecular complexity index is 1110. The highest BCUT2D eigenvalue weighted by molar-refractivity contribution is 7.89. The molecule has 0 N–H and O–H groups in total. The van der Waals surface area contributed by atoms with E-state index in [1.54, 1.807) is 37.3 Å².